The van der Waals surface area contributed by atoms with Gasteiger partial charge < -0.3 is 14.8 Å². The van der Waals surface area contributed by atoms with Crippen LogP contribution in [0.2, 0.25) is 0 Å². The Morgan fingerprint density at radius 1 is 1.28 bits per heavy atom. The van der Waals surface area contributed by atoms with Gasteiger partial charge in [0.2, 0.25) is 12.7 Å². The van der Waals surface area contributed by atoms with Gasteiger partial charge in [0.25, 0.3) is 0 Å². The fourth-order valence-corrected chi connectivity index (χ4v) is 2.39. The molecule has 0 spiro atoms. The maximum Gasteiger partial charge on any atom is 0.243 e. The van der Waals surface area contributed by atoms with Gasteiger partial charge in [-0.3, -0.25) is 0 Å². The molecule has 0 saturated heterocycles. The van der Waals surface area contributed by atoms with Crippen molar-refractivity contribution in [2.45, 2.75) is 12.5 Å². The Kier molecular flexibility index (Phi) is 1.93. The first-order valence-electron chi connectivity index (χ1n) is 5.83. The van der Waals surface area contributed by atoms with E-state index in [1.54, 1.807) is 4.68 Å². The third kappa shape index (κ3) is 1.33. The molecule has 3 heterocycles. The lowest BCUT2D eigenvalue weighted by Gasteiger charge is -2.23. The highest BCUT2D eigenvalue weighted by Crippen LogP contribution is 2.36. The second kappa shape index (κ2) is 3.59. The molecule has 2 aliphatic heterocycles. The van der Waals surface area contributed by atoms with E-state index in [1.807, 2.05) is 18.2 Å². The molecular formula is C11H11N5O2. The van der Waals surface area contributed by atoms with Crippen LogP contribution in [0.3, 0.4) is 0 Å². The smallest absolute Gasteiger partial charge is 0.243 e. The average Bonchev–Trinajstić information content (AvgIpc) is 3.05. The van der Waals surface area contributed by atoms with Crippen molar-refractivity contribution < 1.29 is 9.47 Å². The first-order chi connectivity index (χ1) is 8.92. The number of fused-ring (bicyclic) bond motifs is 2. The second-order valence-corrected chi connectivity index (χ2v) is 4.29. The van der Waals surface area contributed by atoms with Gasteiger partial charge in [-0.1, -0.05) is 11.2 Å². The molecule has 7 nitrogen and oxygen atoms in total. The number of aromatic nitrogens is 4. The number of anilines is 1. The Bertz CT molecular complexity index is 597. The van der Waals surface area contributed by atoms with Crippen LogP contribution >= 0.6 is 0 Å². The van der Waals surface area contributed by atoms with Crippen molar-refractivity contribution in [3.8, 4) is 11.5 Å². The lowest BCUT2D eigenvalue weighted by Crippen LogP contribution is -2.24. The van der Waals surface area contributed by atoms with Crippen molar-refractivity contribution >= 4 is 5.95 Å². The summed E-state index contributed by atoms with van der Waals surface area (Å²) < 4.78 is 12.5. The summed E-state index contributed by atoms with van der Waals surface area (Å²) in [7, 11) is 0. The highest BCUT2D eigenvalue weighted by molar-refractivity contribution is 5.46. The Labute approximate surface area is 103 Å². The minimum atomic E-state index is 0.144. The zero-order chi connectivity index (χ0) is 11.9. The van der Waals surface area contributed by atoms with Gasteiger partial charge >= 0.3 is 0 Å². The minimum absolute atomic E-state index is 0.144. The number of benzene rings is 1. The van der Waals surface area contributed by atoms with Gasteiger partial charge in [-0.25, -0.2) is 4.68 Å². The van der Waals surface area contributed by atoms with Crippen LogP contribution in [0, 0.1) is 0 Å². The van der Waals surface area contributed by atoms with Crippen LogP contribution in [0.5, 0.6) is 11.5 Å². The molecule has 1 N–H and O–H groups in total. The molecule has 2 aliphatic rings. The summed E-state index contributed by atoms with van der Waals surface area (Å²) in [6.45, 7) is 1.15. The van der Waals surface area contributed by atoms with Crippen molar-refractivity contribution in [3.63, 3.8) is 0 Å². The molecule has 1 atom stereocenters. The molecule has 0 bridgehead atoms. The molecule has 2 aromatic rings. The topological polar surface area (TPSA) is 74.1 Å². The molecule has 18 heavy (non-hydrogen) atoms. The molecule has 1 aromatic carbocycles. The van der Waals surface area contributed by atoms with Crippen LogP contribution in [0.1, 0.15) is 18.0 Å². The zero-order valence-electron chi connectivity index (χ0n) is 9.54. The van der Waals surface area contributed by atoms with Gasteiger partial charge in [0.15, 0.2) is 11.5 Å². The van der Waals surface area contributed by atoms with E-state index in [0.717, 1.165) is 30.0 Å². The van der Waals surface area contributed by atoms with E-state index in [1.165, 1.54) is 0 Å². The standard InChI is InChI=1S/C11H11N5O2/c1-2-9-10(18-6-17-9)5-7(1)8-3-4-12-11-13-14-15-16(8)11/h1-2,5,8H,3-4,6H2,(H,12,13,15). The molecule has 4 rings (SSSR count). The third-order valence-corrected chi connectivity index (χ3v) is 3.27. The SMILES string of the molecule is c1cc2c(cc1C1CCNc3nnnn31)OCO2. The van der Waals surface area contributed by atoms with Gasteiger partial charge in [-0.2, -0.15) is 0 Å². The largest absolute Gasteiger partial charge is 0.454 e. The maximum atomic E-state index is 5.40. The van der Waals surface area contributed by atoms with Crippen LogP contribution in [0.15, 0.2) is 18.2 Å². The lowest BCUT2D eigenvalue weighted by molar-refractivity contribution is 0.174. The van der Waals surface area contributed by atoms with Crippen LogP contribution in [0.25, 0.3) is 0 Å². The summed E-state index contributed by atoms with van der Waals surface area (Å²) >= 11 is 0. The summed E-state index contributed by atoms with van der Waals surface area (Å²) in [6, 6.07) is 6.12. The van der Waals surface area contributed by atoms with E-state index in [9.17, 15) is 0 Å². The van der Waals surface area contributed by atoms with Gasteiger partial charge in [-0.05, 0) is 34.5 Å². The molecule has 7 heteroatoms. The van der Waals surface area contributed by atoms with Crippen LogP contribution in [-0.2, 0) is 0 Å². The van der Waals surface area contributed by atoms with Crippen LogP contribution in [0.4, 0.5) is 5.95 Å². The molecule has 0 radical (unpaired) electrons. The van der Waals surface area contributed by atoms with Crippen LogP contribution in [-0.4, -0.2) is 33.5 Å². The van der Waals surface area contributed by atoms with Crippen molar-refractivity contribution in [1.82, 2.24) is 20.2 Å². The van der Waals surface area contributed by atoms with E-state index in [2.05, 4.69) is 20.8 Å². The van der Waals surface area contributed by atoms with Crippen molar-refractivity contribution in [3.05, 3.63) is 23.8 Å². The summed E-state index contributed by atoms with van der Waals surface area (Å²) in [6.07, 6.45) is 0.942. The van der Waals surface area contributed by atoms with Crippen molar-refractivity contribution in [2.75, 3.05) is 18.7 Å². The number of nitrogens with one attached hydrogen (secondary N) is 1. The minimum Gasteiger partial charge on any atom is -0.454 e. The predicted octanol–water partition coefficient (Wildman–Crippen LogP) is 0.807. The molecule has 1 aromatic heterocycles. The number of nitrogens with zero attached hydrogens (tertiary/aromatic N) is 4. The lowest BCUT2D eigenvalue weighted by atomic mass is 10.0. The number of ether oxygens (including phenoxy) is 2. The Balaban J connectivity index is 1.76. The quantitative estimate of drug-likeness (QED) is 0.801. The predicted molar refractivity (Wildman–Crippen MR) is 61.6 cm³/mol. The third-order valence-electron chi connectivity index (χ3n) is 3.27. The van der Waals surface area contributed by atoms with Gasteiger partial charge in [0.05, 0.1) is 6.04 Å². The Hall–Kier alpha value is -2.31. The second-order valence-electron chi connectivity index (χ2n) is 4.29. The van der Waals surface area contributed by atoms with Gasteiger partial charge in [0, 0.05) is 6.54 Å². The summed E-state index contributed by atoms with van der Waals surface area (Å²) in [5, 5.41) is 14.8. The number of hydrogen-bond acceptors (Lipinski definition) is 6. The van der Waals surface area contributed by atoms with Crippen molar-refractivity contribution in [2.24, 2.45) is 0 Å². The Morgan fingerprint density at radius 2 is 2.22 bits per heavy atom. The molecule has 0 fully saturated rings. The van der Waals surface area contributed by atoms with E-state index in [0.29, 0.717) is 12.7 Å². The first-order valence-corrected chi connectivity index (χ1v) is 5.83. The van der Waals surface area contributed by atoms with E-state index < -0.39 is 0 Å². The van der Waals surface area contributed by atoms with Gasteiger partial charge in [0.1, 0.15) is 0 Å². The van der Waals surface area contributed by atoms with Crippen molar-refractivity contribution in [1.29, 1.82) is 0 Å². The fraction of sp³-hybridized carbons (Fsp3) is 0.364. The molecule has 1 unspecified atom stereocenters. The molecule has 0 aliphatic carbocycles. The number of hydrogen-bond donors (Lipinski definition) is 1. The summed E-state index contributed by atoms with van der Waals surface area (Å²) in [4.78, 5) is 0. The summed E-state index contributed by atoms with van der Waals surface area (Å²) in [5.74, 6) is 2.30. The van der Waals surface area contributed by atoms with Gasteiger partial charge in [-0.15, -0.1) is 0 Å². The first kappa shape index (κ1) is 9.69. The normalized spacial score (nSPS) is 20.3. The zero-order valence-corrected chi connectivity index (χ0v) is 9.54. The molecule has 92 valence electrons. The van der Waals surface area contributed by atoms with E-state index >= 15 is 0 Å². The highest BCUT2D eigenvalue weighted by Gasteiger charge is 2.25. The van der Waals surface area contributed by atoms with Crippen LogP contribution < -0.4 is 14.8 Å². The van der Waals surface area contributed by atoms with E-state index in [-0.39, 0.29) is 6.04 Å². The fourth-order valence-electron chi connectivity index (χ4n) is 2.39. The Morgan fingerprint density at radius 3 is 3.22 bits per heavy atom. The maximum absolute atomic E-state index is 5.40. The monoisotopic (exact) mass is 245 g/mol. The summed E-state index contributed by atoms with van der Waals surface area (Å²) in [5.41, 5.74) is 1.13. The van der Waals surface area contributed by atoms with E-state index in [4.69, 9.17) is 9.47 Å². The molecule has 0 amide bonds. The number of tetrazole rings is 1. The number of rotatable bonds is 1. The highest BCUT2D eigenvalue weighted by atomic mass is 16.7. The molecular weight excluding hydrogens is 234 g/mol. The molecule has 0 saturated carbocycles. The average molecular weight is 245 g/mol.